The minimum absolute atomic E-state index is 0.0738. The van der Waals surface area contributed by atoms with Crippen molar-refractivity contribution in [3.05, 3.63) is 130 Å². The van der Waals surface area contributed by atoms with Gasteiger partial charge in [0.15, 0.2) is 0 Å². The summed E-state index contributed by atoms with van der Waals surface area (Å²) in [5, 5.41) is 0.801. The SMILES string of the molecule is O=c1nc2nc(-c3ccccc3)c3ccccc3n2c(=O)n1-c1ccc(-c2ccccc2)cc1. The van der Waals surface area contributed by atoms with Crippen LogP contribution in [0.5, 0.6) is 0 Å². The first-order chi connectivity index (χ1) is 16.7. The molecule has 0 saturated heterocycles. The summed E-state index contributed by atoms with van der Waals surface area (Å²) in [5.74, 6) is 0.0738. The zero-order valence-electron chi connectivity index (χ0n) is 18.0. The minimum atomic E-state index is -0.667. The van der Waals surface area contributed by atoms with E-state index in [2.05, 4.69) is 9.97 Å². The summed E-state index contributed by atoms with van der Waals surface area (Å²) in [7, 11) is 0. The van der Waals surface area contributed by atoms with Gasteiger partial charge in [-0.05, 0) is 29.3 Å². The molecule has 0 saturated carbocycles. The minimum Gasteiger partial charge on any atom is -0.247 e. The van der Waals surface area contributed by atoms with Gasteiger partial charge in [-0.3, -0.25) is 0 Å². The van der Waals surface area contributed by atoms with Crippen LogP contribution < -0.4 is 11.4 Å². The molecule has 6 rings (SSSR count). The molecule has 34 heavy (non-hydrogen) atoms. The summed E-state index contributed by atoms with van der Waals surface area (Å²) in [5.41, 5.74) is 3.52. The fourth-order valence-corrected chi connectivity index (χ4v) is 4.24. The Morgan fingerprint density at radius 1 is 0.559 bits per heavy atom. The fourth-order valence-electron chi connectivity index (χ4n) is 4.24. The molecule has 0 bridgehead atoms. The third kappa shape index (κ3) is 3.20. The van der Waals surface area contributed by atoms with E-state index in [-0.39, 0.29) is 5.78 Å². The van der Waals surface area contributed by atoms with Crippen LogP contribution in [0.25, 0.3) is 44.8 Å². The first-order valence-electron chi connectivity index (χ1n) is 10.9. The zero-order chi connectivity index (χ0) is 23.1. The number of para-hydroxylation sites is 1. The van der Waals surface area contributed by atoms with Crippen molar-refractivity contribution in [2.24, 2.45) is 0 Å². The Morgan fingerprint density at radius 2 is 1.15 bits per heavy atom. The van der Waals surface area contributed by atoms with Crippen LogP contribution >= 0.6 is 0 Å². The molecule has 6 aromatic rings. The molecular formula is C28H18N4O2. The van der Waals surface area contributed by atoms with Crippen LogP contribution in [0.4, 0.5) is 0 Å². The molecule has 0 atom stereocenters. The molecule has 0 fully saturated rings. The van der Waals surface area contributed by atoms with E-state index in [9.17, 15) is 9.59 Å². The normalized spacial score (nSPS) is 11.2. The molecule has 0 radical (unpaired) electrons. The molecule has 162 valence electrons. The number of hydrogen-bond acceptors (Lipinski definition) is 4. The smallest absolute Gasteiger partial charge is 0.247 e. The average Bonchev–Trinajstić information content (AvgIpc) is 2.89. The van der Waals surface area contributed by atoms with Crippen molar-refractivity contribution in [2.45, 2.75) is 0 Å². The quantitative estimate of drug-likeness (QED) is 0.372. The van der Waals surface area contributed by atoms with Gasteiger partial charge >= 0.3 is 11.4 Å². The second-order valence-electron chi connectivity index (χ2n) is 7.90. The van der Waals surface area contributed by atoms with Gasteiger partial charge in [0.25, 0.3) is 0 Å². The largest absolute Gasteiger partial charge is 0.359 e. The lowest BCUT2D eigenvalue weighted by atomic mass is 10.1. The highest BCUT2D eigenvalue weighted by atomic mass is 16.2. The van der Waals surface area contributed by atoms with E-state index in [4.69, 9.17) is 0 Å². The highest BCUT2D eigenvalue weighted by Crippen LogP contribution is 2.26. The standard InChI is InChI=1S/C28H18N4O2/c33-27-30-26-29-25(21-11-5-2-6-12-21)23-13-7-8-14-24(23)32(26)28(34)31(27)22-17-15-20(16-18-22)19-9-3-1-4-10-19/h1-18H. The Labute approximate surface area is 194 Å². The van der Waals surface area contributed by atoms with E-state index >= 15 is 0 Å². The van der Waals surface area contributed by atoms with Gasteiger partial charge in [0.2, 0.25) is 5.78 Å². The van der Waals surface area contributed by atoms with Gasteiger partial charge in [-0.2, -0.15) is 4.98 Å². The number of rotatable bonds is 3. The first-order valence-corrected chi connectivity index (χ1v) is 10.9. The molecule has 2 heterocycles. The topological polar surface area (TPSA) is 69.3 Å². The van der Waals surface area contributed by atoms with Crippen LogP contribution in [-0.2, 0) is 0 Å². The van der Waals surface area contributed by atoms with Gasteiger partial charge < -0.3 is 0 Å². The van der Waals surface area contributed by atoms with Gasteiger partial charge in [-0.1, -0.05) is 91.0 Å². The molecule has 0 aliphatic rings. The highest BCUT2D eigenvalue weighted by molar-refractivity contribution is 5.93. The van der Waals surface area contributed by atoms with Crippen LogP contribution in [0, 0.1) is 0 Å². The van der Waals surface area contributed by atoms with Crippen LogP contribution in [-0.4, -0.2) is 18.9 Å². The average molecular weight is 442 g/mol. The van der Waals surface area contributed by atoms with Crippen molar-refractivity contribution in [3.8, 4) is 28.1 Å². The highest BCUT2D eigenvalue weighted by Gasteiger charge is 2.16. The molecule has 0 aliphatic heterocycles. The van der Waals surface area contributed by atoms with Crippen molar-refractivity contribution >= 4 is 16.7 Å². The molecular weight excluding hydrogens is 424 g/mol. The molecule has 6 nitrogen and oxygen atoms in total. The Hall–Kier alpha value is -4.84. The van der Waals surface area contributed by atoms with Gasteiger partial charge in [-0.15, -0.1) is 0 Å². The maximum atomic E-state index is 13.6. The second-order valence-corrected chi connectivity index (χ2v) is 7.90. The summed E-state index contributed by atoms with van der Waals surface area (Å²) in [6.45, 7) is 0. The lowest BCUT2D eigenvalue weighted by Gasteiger charge is -2.12. The number of nitrogens with zero attached hydrogens (tertiary/aromatic N) is 4. The Balaban J connectivity index is 1.59. The first kappa shape index (κ1) is 19.8. The monoisotopic (exact) mass is 442 g/mol. The lowest BCUT2D eigenvalue weighted by molar-refractivity contribution is 0.796. The van der Waals surface area contributed by atoms with E-state index in [1.165, 1.54) is 4.40 Å². The number of aromatic nitrogens is 4. The predicted molar refractivity (Wildman–Crippen MR) is 133 cm³/mol. The second kappa shape index (κ2) is 7.94. The van der Waals surface area contributed by atoms with E-state index < -0.39 is 11.4 Å². The number of hydrogen-bond donors (Lipinski definition) is 0. The molecule has 0 spiro atoms. The Kier molecular flexibility index (Phi) is 4.63. The molecule has 0 amide bonds. The van der Waals surface area contributed by atoms with Crippen LogP contribution in [0.3, 0.4) is 0 Å². The Bertz CT molecular complexity index is 1770. The van der Waals surface area contributed by atoms with E-state index in [0.717, 1.165) is 26.6 Å². The lowest BCUT2D eigenvalue weighted by Crippen LogP contribution is -2.38. The van der Waals surface area contributed by atoms with Crippen LogP contribution in [0.15, 0.2) is 119 Å². The summed E-state index contributed by atoms with van der Waals surface area (Å²) < 4.78 is 2.48. The van der Waals surface area contributed by atoms with Gasteiger partial charge in [0.05, 0.1) is 16.9 Å². The van der Waals surface area contributed by atoms with Gasteiger partial charge in [0, 0.05) is 10.9 Å². The van der Waals surface area contributed by atoms with Crippen molar-refractivity contribution < 1.29 is 0 Å². The third-order valence-electron chi connectivity index (χ3n) is 5.86. The van der Waals surface area contributed by atoms with E-state index in [1.807, 2.05) is 97.1 Å². The van der Waals surface area contributed by atoms with Gasteiger partial charge in [-0.25, -0.2) is 23.5 Å². The molecule has 0 unspecified atom stereocenters. The van der Waals surface area contributed by atoms with Gasteiger partial charge in [0.1, 0.15) is 0 Å². The molecule has 0 aliphatic carbocycles. The maximum Gasteiger partial charge on any atom is 0.359 e. The number of benzene rings is 4. The summed E-state index contributed by atoms with van der Waals surface area (Å²) in [6.07, 6.45) is 0. The Morgan fingerprint density at radius 3 is 1.85 bits per heavy atom. The van der Waals surface area contributed by atoms with Crippen molar-refractivity contribution in [1.82, 2.24) is 18.9 Å². The summed E-state index contributed by atoms with van der Waals surface area (Å²) in [6, 6.07) is 34.4. The van der Waals surface area contributed by atoms with Crippen LogP contribution in [0.2, 0.25) is 0 Å². The zero-order valence-corrected chi connectivity index (χ0v) is 18.0. The molecule has 4 aromatic carbocycles. The van der Waals surface area contributed by atoms with Crippen molar-refractivity contribution in [2.75, 3.05) is 0 Å². The van der Waals surface area contributed by atoms with Crippen LogP contribution in [0.1, 0.15) is 0 Å². The van der Waals surface area contributed by atoms with Crippen molar-refractivity contribution in [3.63, 3.8) is 0 Å². The third-order valence-corrected chi connectivity index (χ3v) is 5.86. The molecule has 6 heteroatoms. The summed E-state index contributed by atoms with van der Waals surface area (Å²) >= 11 is 0. The van der Waals surface area contributed by atoms with E-state index in [0.29, 0.717) is 16.9 Å². The van der Waals surface area contributed by atoms with E-state index in [1.54, 1.807) is 12.1 Å². The predicted octanol–water partition coefficient (Wildman–Crippen LogP) is 4.73. The van der Waals surface area contributed by atoms with Crippen molar-refractivity contribution in [1.29, 1.82) is 0 Å². The number of fused-ring (bicyclic) bond motifs is 3. The molecule has 2 aromatic heterocycles. The fraction of sp³-hybridized carbons (Fsp3) is 0. The maximum absolute atomic E-state index is 13.6. The molecule has 0 N–H and O–H groups in total. The summed E-state index contributed by atoms with van der Waals surface area (Å²) in [4.78, 5) is 35.4.